The van der Waals surface area contributed by atoms with Crippen molar-refractivity contribution in [1.82, 2.24) is 10.6 Å². The monoisotopic (exact) mass is 500 g/mol. The summed E-state index contributed by atoms with van der Waals surface area (Å²) in [6.45, 7) is 4.34. The Labute approximate surface area is 208 Å². The molecule has 2 atom stereocenters. The van der Waals surface area contributed by atoms with Gasteiger partial charge in [-0.05, 0) is 32.9 Å². The Morgan fingerprint density at radius 1 is 0.735 bits per heavy atom. The van der Waals surface area contributed by atoms with Gasteiger partial charge in [0.25, 0.3) is 0 Å². The van der Waals surface area contributed by atoms with Crippen molar-refractivity contribution in [2.45, 2.75) is 129 Å². The van der Waals surface area contributed by atoms with E-state index in [1.807, 2.05) is 7.05 Å². The zero-order valence-corrected chi connectivity index (χ0v) is 22.7. The Morgan fingerprint density at radius 3 is 1.79 bits per heavy atom. The summed E-state index contributed by atoms with van der Waals surface area (Å²) in [5.74, 6) is -0.330. The number of carbonyl (C=O) groups excluding carboxylic acids is 4. The molecule has 198 valence electrons. The molecular formula is C26H49N2O5P. The van der Waals surface area contributed by atoms with Crippen LogP contribution in [-0.4, -0.2) is 47.3 Å². The van der Waals surface area contributed by atoms with E-state index in [0.29, 0.717) is 12.8 Å². The molecule has 0 aliphatic rings. The first kappa shape index (κ1) is 32.8. The van der Waals surface area contributed by atoms with Crippen molar-refractivity contribution in [1.29, 1.82) is 0 Å². The minimum Gasteiger partial charge on any atom is -0.360 e. The second-order valence-corrected chi connectivity index (χ2v) is 10.9. The van der Waals surface area contributed by atoms with Gasteiger partial charge in [-0.1, -0.05) is 71.1 Å². The molecule has 2 unspecified atom stereocenters. The highest BCUT2D eigenvalue weighted by Crippen LogP contribution is 2.36. The molecule has 1 amide bonds. The quantitative estimate of drug-likeness (QED) is 0.121. The van der Waals surface area contributed by atoms with E-state index in [2.05, 4.69) is 17.6 Å². The van der Waals surface area contributed by atoms with Gasteiger partial charge in [-0.3, -0.25) is 19.2 Å². The number of nitrogens with one attached hydrogen (secondary N) is 2. The van der Waals surface area contributed by atoms with E-state index in [0.717, 1.165) is 32.2 Å². The number of rotatable bonds is 24. The second kappa shape index (κ2) is 22.3. The van der Waals surface area contributed by atoms with Crippen LogP contribution < -0.4 is 10.6 Å². The Balaban J connectivity index is 4.18. The normalized spacial score (nSPS) is 12.8. The number of amides is 1. The minimum atomic E-state index is -2.39. The lowest BCUT2D eigenvalue weighted by Crippen LogP contribution is -2.36. The summed E-state index contributed by atoms with van der Waals surface area (Å²) < 4.78 is 0. The molecule has 0 bridgehead atoms. The van der Waals surface area contributed by atoms with E-state index in [-0.39, 0.29) is 31.0 Å². The van der Waals surface area contributed by atoms with Crippen molar-refractivity contribution in [3.05, 3.63) is 0 Å². The maximum Gasteiger partial charge on any atom is 0.217 e. The molecule has 8 heteroatoms. The third-order valence-corrected chi connectivity index (χ3v) is 7.25. The third-order valence-electron chi connectivity index (χ3n) is 5.90. The molecule has 34 heavy (non-hydrogen) atoms. The first-order valence-electron chi connectivity index (χ1n) is 13.3. The highest BCUT2D eigenvalue weighted by Gasteiger charge is 2.27. The molecule has 0 radical (unpaired) electrons. The van der Waals surface area contributed by atoms with Crippen LogP contribution in [0.2, 0.25) is 0 Å². The zero-order valence-electron chi connectivity index (χ0n) is 21.8. The van der Waals surface area contributed by atoms with Crippen LogP contribution >= 0.6 is 8.15 Å². The number of hydrogen-bond donors (Lipinski definition) is 3. The van der Waals surface area contributed by atoms with Gasteiger partial charge in [0.2, 0.25) is 5.91 Å². The predicted molar refractivity (Wildman–Crippen MR) is 140 cm³/mol. The summed E-state index contributed by atoms with van der Waals surface area (Å²) in [6, 6.07) is -0.667. The molecule has 0 spiro atoms. The van der Waals surface area contributed by atoms with Crippen LogP contribution in [0.25, 0.3) is 0 Å². The second-order valence-electron chi connectivity index (χ2n) is 9.29. The van der Waals surface area contributed by atoms with E-state index in [1.54, 1.807) is 0 Å². The van der Waals surface area contributed by atoms with Crippen LogP contribution in [0.3, 0.4) is 0 Å². The first-order valence-corrected chi connectivity index (χ1v) is 14.6. The molecule has 7 nitrogen and oxygen atoms in total. The molecule has 0 aliphatic heterocycles. The lowest BCUT2D eigenvalue weighted by molar-refractivity contribution is -0.122. The van der Waals surface area contributed by atoms with Crippen molar-refractivity contribution in [3.63, 3.8) is 0 Å². The molecule has 0 saturated heterocycles. The summed E-state index contributed by atoms with van der Waals surface area (Å²) in [5.41, 5.74) is -1.01. The average Bonchev–Trinajstić information content (AvgIpc) is 2.79. The number of hydrogen-bond acceptors (Lipinski definition) is 6. The number of Topliss-reactive ketones (excluding diaryl/α,β-unsaturated/α-hetero) is 1. The van der Waals surface area contributed by atoms with E-state index in [1.165, 1.54) is 58.3 Å². The van der Waals surface area contributed by atoms with E-state index in [4.69, 9.17) is 0 Å². The van der Waals surface area contributed by atoms with E-state index < -0.39 is 25.2 Å². The first-order chi connectivity index (χ1) is 16.3. The van der Waals surface area contributed by atoms with Gasteiger partial charge in [0.05, 0.1) is 0 Å². The fourth-order valence-electron chi connectivity index (χ4n) is 3.95. The largest absolute Gasteiger partial charge is 0.360 e. The average molecular weight is 501 g/mol. The highest BCUT2D eigenvalue weighted by molar-refractivity contribution is 7.84. The fourth-order valence-corrected chi connectivity index (χ4v) is 4.99. The molecule has 0 aliphatic carbocycles. The van der Waals surface area contributed by atoms with Gasteiger partial charge < -0.3 is 15.5 Å². The van der Waals surface area contributed by atoms with Crippen molar-refractivity contribution in [3.8, 4) is 0 Å². The van der Waals surface area contributed by atoms with Gasteiger partial charge in [0, 0.05) is 38.6 Å². The minimum absolute atomic E-state index is 0.00290. The van der Waals surface area contributed by atoms with Crippen molar-refractivity contribution in [2.24, 2.45) is 0 Å². The van der Waals surface area contributed by atoms with Crippen molar-refractivity contribution in [2.75, 3.05) is 13.6 Å². The molecular weight excluding hydrogens is 451 g/mol. The molecule has 0 aromatic carbocycles. The van der Waals surface area contributed by atoms with Gasteiger partial charge in [-0.15, -0.1) is 0 Å². The molecule has 0 heterocycles. The fraction of sp³-hybridized carbons (Fsp3) is 0.846. The van der Waals surface area contributed by atoms with Gasteiger partial charge in [0.1, 0.15) is 5.78 Å². The summed E-state index contributed by atoms with van der Waals surface area (Å²) >= 11 is 0. The number of unbranched alkanes of at least 4 members (excludes halogenated alkanes) is 11. The van der Waals surface area contributed by atoms with Gasteiger partial charge >= 0.3 is 0 Å². The number of ketones is 1. The Kier molecular flexibility index (Phi) is 21.5. The molecule has 3 N–H and O–H groups in total. The lowest BCUT2D eigenvalue weighted by Gasteiger charge is -2.18. The standard InChI is InChI=1S/C26H49N2O5P/c1-4-5-6-7-8-9-10-11-12-13-14-17-24(30)20-23(28-22(2)29)21-26(32)34(33)25(31)18-15-16-19-27-3/h23,27,33H,4-21H2,1-3H3,(H,28,29). The van der Waals surface area contributed by atoms with Crippen LogP contribution in [0, 0.1) is 0 Å². The lowest BCUT2D eigenvalue weighted by atomic mass is 10.0. The van der Waals surface area contributed by atoms with E-state index >= 15 is 0 Å². The Morgan fingerprint density at radius 2 is 1.26 bits per heavy atom. The molecule has 0 fully saturated rings. The zero-order chi connectivity index (χ0) is 25.6. The van der Waals surface area contributed by atoms with E-state index in [9.17, 15) is 24.1 Å². The summed E-state index contributed by atoms with van der Waals surface area (Å²) in [4.78, 5) is 58.5. The molecule has 0 aromatic rings. The van der Waals surface area contributed by atoms with Crippen LogP contribution in [0.15, 0.2) is 0 Å². The summed E-state index contributed by atoms with van der Waals surface area (Å²) in [6.07, 6.45) is 15.2. The maximum absolute atomic E-state index is 12.4. The van der Waals surface area contributed by atoms with Crippen LogP contribution in [0.4, 0.5) is 0 Å². The van der Waals surface area contributed by atoms with Gasteiger partial charge in [-0.2, -0.15) is 0 Å². The summed E-state index contributed by atoms with van der Waals surface area (Å²) in [7, 11) is -0.569. The Hall–Kier alpha value is -1.17. The smallest absolute Gasteiger partial charge is 0.217 e. The van der Waals surface area contributed by atoms with Crippen molar-refractivity contribution >= 4 is 30.9 Å². The molecule has 0 aromatic heterocycles. The van der Waals surface area contributed by atoms with Crippen LogP contribution in [0.1, 0.15) is 123 Å². The van der Waals surface area contributed by atoms with Crippen LogP contribution in [-0.2, 0) is 19.2 Å². The van der Waals surface area contributed by atoms with Crippen LogP contribution in [0.5, 0.6) is 0 Å². The topological polar surface area (TPSA) is 113 Å². The van der Waals surface area contributed by atoms with Gasteiger partial charge in [-0.25, -0.2) is 0 Å². The summed E-state index contributed by atoms with van der Waals surface area (Å²) in [5, 5.41) is 5.62. The predicted octanol–water partition coefficient (Wildman–Crippen LogP) is 5.37. The third kappa shape index (κ3) is 19.2. The number of carbonyl (C=O) groups is 4. The maximum atomic E-state index is 12.4. The van der Waals surface area contributed by atoms with Crippen molar-refractivity contribution < 1.29 is 24.1 Å². The Bertz CT molecular complexity index is 586. The van der Waals surface area contributed by atoms with Gasteiger partial charge in [0.15, 0.2) is 19.2 Å². The molecule has 0 saturated carbocycles. The highest BCUT2D eigenvalue weighted by atomic mass is 31.1. The SMILES string of the molecule is CCCCCCCCCCCCCC(=O)CC(CC(=O)P(O)C(=O)CCCCNC)NC(C)=O. The molecule has 0 rings (SSSR count).